The van der Waals surface area contributed by atoms with Gasteiger partial charge in [-0.25, -0.2) is 0 Å². The van der Waals surface area contributed by atoms with Crippen molar-refractivity contribution in [2.75, 3.05) is 5.32 Å². The second-order valence-electron chi connectivity index (χ2n) is 5.07. The average molecular weight is 339 g/mol. The SMILES string of the molecule is O=C1NC(=O)c2cccc(NC(=O)c3ccccc3[N+](=O)[O-])c2C1=O. The van der Waals surface area contributed by atoms with Gasteiger partial charge in [-0.3, -0.25) is 34.6 Å². The maximum atomic E-state index is 12.4. The average Bonchev–Trinajstić information content (AvgIpc) is 2.59. The fourth-order valence-electron chi connectivity index (χ4n) is 2.45. The number of ketones is 1. The van der Waals surface area contributed by atoms with Crippen LogP contribution in [-0.4, -0.2) is 28.4 Å². The number of nitrogens with one attached hydrogen (secondary N) is 2. The second-order valence-corrected chi connectivity index (χ2v) is 5.07. The Balaban J connectivity index is 2.03. The van der Waals surface area contributed by atoms with E-state index in [-0.39, 0.29) is 22.4 Å². The van der Waals surface area contributed by atoms with Gasteiger partial charge in [0.2, 0.25) is 0 Å². The Morgan fingerprint density at radius 1 is 1.00 bits per heavy atom. The zero-order valence-electron chi connectivity index (χ0n) is 12.4. The molecular weight excluding hydrogens is 330 g/mol. The first-order chi connectivity index (χ1) is 11.9. The number of para-hydroxylation sites is 1. The maximum Gasteiger partial charge on any atom is 0.299 e. The van der Waals surface area contributed by atoms with E-state index in [0.717, 1.165) is 6.07 Å². The Kier molecular flexibility index (Phi) is 3.82. The first kappa shape index (κ1) is 16.0. The highest BCUT2D eigenvalue weighted by Crippen LogP contribution is 2.25. The summed E-state index contributed by atoms with van der Waals surface area (Å²) in [4.78, 5) is 58.1. The lowest BCUT2D eigenvalue weighted by Gasteiger charge is -2.17. The minimum absolute atomic E-state index is 0.0649. The molecule has 2 N–H and O–H groups in total. The third kappa shape index (κ3) is 2.74. The third-order valence-electron chi connectivity index (χ3n) is 3.56. The predicted molar refractivity (Wildman–Crippen MR) is 84.3 cm³/mol. The maximum absolute atomic E-state index is 12.4. The highest BCUT2D eigenvalue weighted by atomic mass is 16.6. The molecule has 3 amide bonds. The van der Waals surface area contributed by atoms with Gasteiger partial charge in [-0.05, 0) is 18.2 Å². The van der Waals surface area contributed by atoms with Crippen LogP contribution in [0.4, 0.5) is 11.4 Å². The molecule has 3 rings (SSSR count). The van der Waals surface area contributed by atoms with Gasteiger partial charge in [0.05, 0.1) is 21.7 Å². The van der Waals surface area contributed by atoms with E-state index in [1.165, 1.54) is 36.4 Å². The van der Waals surface area contributed by atoms with Crippen molar-refractivity contribution in [1.82, 2.24) is 5.32 Å². The van der Waals surface area contributed by atoms with Gasteiger partial charge in [0, 0.05) is 6.07 Å². The van der Waals surface area contributed by atoms with Gasteiger partial charge in [-0.15, -0.1) is 0 Å². The smallest absolute Gasteiger partial charge is 0.299 e. The third-order valence-corrected chi connectivity index (χ3v) is 3.56. The first-order valence-electron chi connectivity index (χ1n) is 6.98. The Morgan fingerprint density at radius 2 is 1.72 bits per heavy atom. The van der Waals surface area contributed by atoms with E-state index in [1.807, 2.05) is 5.32 Å². The van der Waals surface area contributed by atoms with Crippen molar-refractivity contribution in [2.24, 2.45) is 0 Å². The monoisotopic (exact) mass is 339 g/mol. The molecule has 0 unspecified atom stereocenters. The fraction of sp³-hybridized carbons (Fsp3) is 0. The number of anilines is 1. The van der Waals surface area contributed by atoms with E-state index in [4.69, 9.17) is 0 Å². The Hall–Kier alpha value is -3.88. The molecule has 124 valence electrons. The van der Waals surface area contributed by atoms with Gasteiger partial charge in [0.25, 0.3) is 29.2 Å². The number of carbonyl (C=O) groups is 4. The molecule has 2 aromatic rings. The standard InChI is InChI=1S/C16H9N3O6/c20-13-12-9(15(22)18-16(13)23)5-3-6-10(12)17-14(21)8-4-1-2-7-11(8)19(24)25/h1-7H,(H,17,21)(H,18,22,23). The number of fused-ring (bicyclic) bond motifs is 1. The number of Topliss-reactive ketones (excluding diaryl/α,β-unsaturated/α-hetero) is 1. The minimum atomic E-state index is -1.11. The van der Waals surface area contributed by atoms with Gasteiger partial charge >= 0.3 is 0 Å². The number of hydrogen-bond acceptors (Lipinski definition) is 6. The molecule has 9 heteroatoms. The summed E-state index contributed by atoms with van der Waals surface area (Å²) in [6.07, 6.45) is 0. The molecule has 1 heterocycles. The van der Waals surface area contributed by atoms with E-state index < -0.39 is 34.1 Å². The lowest BCUT2D eigenvalue weighted by Crippen LogP contribution is -2.42. The molecule has 9 nitrogen and oxygen atoms in total. The number of imide groups is 1. The largest absolute Gasteiger partial charge is 0.321 e. The molecular formula is C16H9N3O6. The van der Waals surface area contributed by atoms with Crippen LogP contribution in [-0.2, 0) is 4.79 Å². The zero-order chi connectivity index (χ0) is 18.1. The van der Waals surface area contributed by atoms with Gasteiger partial charge < -0.3 is 5.32 Å². The van der Waals surface area contributed by atoms with Crippen LogP contribution < -0.4 is 10.6 Å². The minimum Gasteiger partial charge on any atom is -0.321 e. The molecule has 25 heavy (non-hydrogen) atoms. The van der Waals surface area contributed by atoms with Crippen LogP contribution in [0.25, 0.3) is 0 Å². The van der Waals surface area contributed by atoms with Crippen LogP contribution in [0, 0.1) is 10.1 Å². The molecule has 0 saturated heterocycles. The second kappa shape index (κ2) is 5.96. The van der Waals surface area contributed by atoms with Crippen LogP contribution in [0.1, 0.15) is 31.1 Å². The van der Waals surface area contributed by atoms with Crippen molar-refractivity contribution in [3.8, 4) is 0 Å². The number of nitro benzene ring substituents is 1. The first-order valence-corrected chi connectivity index (χ1v) is 6.98. The normalized spacial score (nSPS) is 13.0. The van der Waals surface area contributed by atoms with Crippen LogP contribution in [0.5, 0.6) is 0 Å². The fourth-order valence-corrected chi connectivity index (χ4v) is 2.45. The van der Waals surface area contributed by atoms with Gasteiger partial charge in [0.1, 0.15) is 5.56 Å². The Bertz CT molecular complexity index is 966. The van der Waals surface area contributed by atoms with Crippen LogP contribution >= 0.6 is 0 Å². The van der Waals surface area contributed by atoms with Crippen molar-refractivity contribution in [1.29, 1.82) is 0 Å². The lowest BCUT2D eigenvalue weighted by molar-refractivity contribution is -0.385. The predicted octanol–water partition coefficient (Wildman–Crippen LogP) is 1.30. The van der Waals surface area contributed by atoms with Crippen LogP contribution in [0.3, 0.4) is 0 Å². The van der Waals surface area contributed by atoms with Gasteiger partial charge in [-0.2, -0.15) is 0 Å². The van der Waals surface area contributed by atoms with Crippen molar-refractivity contribution >= 4 is 34.9 Å². The van der Waals surface area contributed by atoms with E-state index in [2.05, 4.69) is 5.32 Å². The van der Waals surface area contributed by atoms with Crippen molar-refractivity contribution in [3.63, 3.8) is 0 Å². The Labute approximate surface area is 139 Å². The summed E-state index contributed by atoms with van der Waals surface area (Å²) in [5, 5.41) is 15.3. The molecule has 0 bridgehead atoms. The lowest BCUT2D eigenvalue weighted by atomic mass is 9.96. The topological polar surface area (TPSA) is 135 Å². The molecule has 0 aromatic heterocycles. The van der Waals surface area contributed by atoms with E-state index in [9.17, 15) is 29.3 Å². The highest BCUT2D eigenvalue weighted by Gasteiger charge is 2.33. The van der Waals surface area contributed by atoms with Crippen molar-refractivity contribution in [2.45, 2.75) is 0 Å². The summed E-state index contributed by atoms with van der Waals surface area (Å²) < 4.78 is 0. The summed E-state index contributed by atoms with van der Waals surface area (Å²) in [5.74, 6) is -3.69. The molecule has 1 aliphatic rings. The molecule has 0 saturated carbocycles. The molecule has 1 aliphatic heterocycles. The summed E-state index contributed by atoms with van der Waals surface area (Å²) in [6.45, 7) is 0. The molecule has 0 radical (unpaired) electrons. The summed E-state index contributed by atoms with van der Waals surface area (Å²) in [5.41, 5.74) is -1.02. The summed E-state index contributed by atoms with van der Waals surface area (Å²) in [6, 6.07) is 9.35. The summed E-state index contributed by atoms with van der Waals surface area (Å²) >= 11 is 0. The van der Waals surface area contributed by atoms with Crippen molar-refractivity contribution < 1.29 is 24.1 Å². The van der Waals surface area contributed by atoms with E-state index in [0.29, 0.717) is 0 Å². The number of carbonyl (C=O) groups excluding carboxylic acids is 4. The van der Waals surface area contributed by atoms with Crippen LogP contribution in [0.15, 0.2) is 42.5 Å². The van der Waals surface area contributed by atoms with E-state index in [1.54, 1.807) is 0 Å². The molecule has 2 aromatic carbocycles. The number of amides is 3. The number of rotatable bonds is 3. The van der Waals surface area contributed by atoms with E-state index >= 15 is 0 Å². The number of benzene rings is 2. The Morgan fingerprint density at radius 3 is 2.44 bits per heavy atom. The van der Waals surface area contributed by atoms with Gasteiger partial charge in [0.15, 0.2) is 0 Å². The number of hydrogen-bond donors (Lipinski definition) is 2. The molecule has 0 spiro atoms. The van der Waals surface area contributed by atoms with Gasteiger partial charge in [-0.1, -0.05) is 18.2 Å². The van der Waals surface area contributed by atoms with Crippen molar-refractivity contribution in [3.05, 3.63) is 69.3 Å². The number of nitro groups is 1. The number of nitrogens with zero attached hydrogens (tertiary/aromatic N) is 1. The molecule has 0 aliphatic carbocycles. The highest BCUT2D eigenvalue weighted by molar-refractivity contribution is 6.50. The molecule has 0 fully saturated rings. The molecule has 0 atom stereocenters. The summed E-state index contributed by atoms with van der Waals surface area (Å²) in [7, 11) is 0. The van der Waals surface area contributed by atoms with Crippen LogP contribution in [0.2, 0.25) is 0 Å². The quantitative estimate of drug-likeness (QED) is 0.374. The zero-order valence-corrected chi connectivity index (χ0v) is 12.4.